The molecular formula is C24H16ClNO4S. The molecule has 5 nitrogen and oxygen atoms in total. The Kier molecular flexibility index (Phi) is 6.11. The van der Waals surface area contributed by atoms with E-state index in [4.69, 9.17) is 16.3 Å². The third kappa shape index (κ3) is 4.50. The van der Waals surface area contributed by atoms with E-state index < -0.39 is 18.5 Å². The number of anilines is 1. The Morgan fingerprint density at radius 1 is 0.871 bits per heavy atom. The molecule has 0 aliphatic rings. The molecular weight excluding hydrogens is 434 g/mol. The number of carbonyl (C=O) groups is 3. The predicted molar refractivity (Wildman–Crippen MR) is 122 cm³/mol. The van der Waals surface area contributed by atoms with Crippen LogP contribution in [0.15, 0.2) is 78.9 Å². The molecule has 0 aliphatic carbocycles. The van der Waals surface area contributed by atoms with Crippen molar-refractivity contribution in [2.75, 3.05) is 11.9 Å². The summed E-state index contributed by atoms with van der Waals surface area (Å²) in [6.45, 7) is -0.503. The Morgan fingerprint density at radius 3 is 2.32 bits per heavy atom. The van der Waals surface area contributed by atoms with Gasteiger partial charge in [-0.1, -0.05) is 72.3 Å². The number of thiophene rings is 1. The number of benzene rings is 3. The fraction of sp³-hybridized carbons (Fsp3) is 0.0417. The maximum atomic E-state index is 12.8. The van der Waals surface area contributed by atoms with Crippen molar-refractivity contribution in [3.63, 3.8) is 0 Å². The van der Waals surface area contributed by atoms with Gasteiger partial charge in [-0.15, -0.1) is 11.3 Å². The molecule has 0 saturated carbocycles. The number of fused-ring (bicyclic) bond motifs is 1. The Morgan fingerprint density at radius 2 is 1.55 bits per heavy atom. The van der Waals surface area contributed by atoms with E-state index in [0.717, 1.165) is 10.1 Å². The molecule has 7 heteroatoms. The number of amides is 1. The first kappa shape index (κ1) is 20.8. The molecule has 0 aliphatic heterocycles. The van der Waals surface area contributed by atoms with Crippen molar-refractivity contribution in [2.45, 2.75) is 0 Å². The molecule has 31 heavy (non-hydrogen) atoms. The van der Waals surface area contributed by atoms with E-state index in [-0.39, 0.29) is 10.7 Å². The van der Waals surface area contributed by atoms with Gasteiger partial charge in [0, 0.05) is 21.2 Å². The minimum absolute atomic E-state index is 0.217. The van der Waals surface area contributed by atoms with Crippen molar-refractivity contribution in [3.05, 3.63) is 99.9 Å². The van der Waals surface area contributed by atoms with Gasteiger partial charge in [0.2, 0.25) is 0 Å². The second-order valence-corrected chi connectivity index (χ2v) is 8.04. The zero-order valence-electron chi connectivity index (χ0n) is 16.1. The summed E-state index contributed by atoms with van der Waals surface area (Å²) in [7, 11) is 0. The minimum atomic E-state index is -0.671. The van der Waals surface area contributed by atoms with Gasteiger partial charge >= 0.3 is 5.97 Å². The second-order valence-electron chi connectivity index (χ2n) is 6.61. The molecule has 1 heterocycles. The molecule has 0 bridgehead atoms. The number of hydrogen-bond acceptors (Lipinski definition) is 5. The van der Waals surface area contributed by atoms with E-state index in [1.807, 2.05) is 30.3 Å². The molecule has 0 fully saturated rings. The summed E-state index contributed by atoms with van der Waals surface area (Å²) in [4.78, 5) is 37.8. The van der Waals surface area contributed by atoms with Crippen molar-refractivity contribution in [2.24, 2.45) is 0 Å². The van der Waals surface area contributed by atoms with Crippen LogP contribution >= 0.6 is 22.9 Å². The highest BCUT2D eigenvalue weighted by Crippen LogP contribution is 2.35. The van der Waals surface area contributed by atoms with Crippen LogP contribution in [0.1, 0.15) is 25.6 Å². The molecule has 3 aromatic carbocycles. The number of nitrogens with one attached hydrogen (secondary N) is 1. The number of halogens is 1. The first-order valence-electron chi connectivity index (χ1n) is 9.37. The van der Waals surface area contributed by atoms with Gasteiger partial charge in [0.25, 0.3) is 5.91 Å². The van der Waals surface area contributed by atoms with Crippen molar-refractivity contribution < 1.29 is 19.1 Å². The molecule has 0 saturated heterocycles. The van der Waals surface area contributed by atoms with Gasteiger partial charge in [0.05, 0.1) is 10.7 Å². The maximum absolute atomic E-state index is 12.8. The van der Waals surface area contributed by atoms with Crippen LogP contribution in [0, 0.1) is 0 Å². The van der Waals surface area contributed by atoms with Gasteiger partial charge in [-0.3, -0.25) is 9.59 Å². The smallest absolute Gasteiger partial charge is 0.350 e. The number of hydrogen-bond donors (Lipinski definition) is 1. The monoisotopic (exact) mass is 449 g/mol. The first-order chi connectivity index (χ1) is 15.0. The topological polar surface area (TPSA) is 72.5 Å². The molecule has 4 rings (SSSR count). The zero-order valence-corrected chi connectivity index (χ0v) is 17.7. The molecule has 154 valence electrons. The van der Waals surface area contributed by atoms with Crippen molar-refractivity contribution in [1.29, 1.82) is 0 Å². The van der Waals surface area contributed by atoms with Gasteiger partial charge in [-0.05, 0) is 18.2 Å². The van der Waals surface area contributed by atoms with Crippen LogP contribution in [-0.2, 0) is 9.53 Å². The molecule has 1 N–H and O–H groups in total. The summed E-state index contributed by atoms with van der Waals surface area (Å²) in [5.74, 6) is -1.44. The van der Waals surface area contributed by atoms with E-state index in [0.29, 0.717) is 21.8 Å². The maximum Gasteiger partial charge on any atom is 0.350 e. The third-order valence-electron chi connectivity index (χ3n) is 4.54. The van der Waals surface area contributed by atoms with Gasteiger partial charge in [0.1, 0.15) is 4.88 Å². The van der Waals surface area contributed by atoms with Crippen molar-refractivity contribution in [1.82, 2.24) is 0 Å². The number of esters is 1. The molecule has 0 radical (unpaired) electrons. The Hall–Kier alpha value is -3.48. The second kappa shape index (κ2) is 9.12. The summed E-state index contributed by atoms with van der Waals surface area (Å²) in [5, 5.41) is 3.72. The summed E-state index contributed by atoms with van der Waals surface area (Å²) in [5.41, 5.74) is 1.20. The largest absolute Gasteiger partial charge is 0.451 e. The highest BCUT2D eigenvalue weighted by molar-refractivity contribution is 7.21. The summed E-state index contributed by atoms with van der Waals surface area (Å²) < 4.78 is 6.01. The lowest BCUT2D eigenvalue weighted by molar-refractivity contribution is -0.119. The van der Waals surface area contributed by atoms with Crippen LogP contribution in [0.25, 0.3) is 10.1 Å². The zero-order chi connectivity index (χ0) is 21.8. The first-order valence-corrected chi connectivity index (χ1v) is 10.6. The number of rotatable bonds is 6. The minimum Gasteiger partial charge on any atom is -0.451 e. The fourth-order valence-corrected chi connectivity index (χ4v) is 4.47. The molecule has 0 unspecified atom stereocenters. The van der Waals surface area contributed by atoms with Gasteiger partial charge < -0.3 is 10.1 Å². The highest BCUT2D eigenvalue weighted by Gasteiger charge is 2.20. The Labute approximate surface area is 187 Å². The fourth-order valence-electron chi connectivity index (χ4n) is 3.06. The lowest BCUT2D eigenvalue weighted by atomic mass is 10.0. The highest BCUT2D eigenvalue weighted by atomic mass is 35.5. The molecule has 4 aromatic rings. The normalized spacial score (nSPS) is 10.6. The van der Waals surface area contributed by atoms with Gasteiger partial charge in [-0.2, -0.15) is 0 Å². The molecule has 0 atom stereocenters. The average Bonchev–Trinajstić information content (AvgIpc) is 3.15. The Bertz CT molecular complexity index is 1280. The molecule has 0 spiro atoms. The number of para-hydroxylation sites is 1. The van der Waals surface area contributed by atoms with Crippen LogP contribution < -0.4 is 5.32 Å². The third-order valence-corrected chi connectivity index (χ3v) is 6.19. The van der Waals surface area contributed by atoms with Crippen molar-refractivity contribution >= 4 is 56.4 Å². The Balaban J connectivity index is 1.44. The van der Waals surface area contributed by atoms with Crippen LogP contribution in [-0.4, -0.2) is 24.3 Å². The lowest BCUT2D eigenvalue weighted by Crippen LogP contribution is -2.22. The summed E-state index contributed by atoms with van der Waals surface area (Å²) in [6.07, 6.45) is 0. The van der Waals surface area contributed by atoms with E-state index >= 15 is 0 Å². The van der Waals surface area contributed by atoms with Crippen LogP contribution in [0.4, 0.5) is 5.69 Å². The number of ether oxygens (including phenoxy) is 1. The number of carbonyl (C=O) groups excluding carboxylic acids is 3. The standard InChI is InChI=1S/C24H16ClNO4S/c25-21-17-11-5-7-13-19(17)31-23(21)24(29)30-14-20(27)26-18-12-6-4-10-16(18)22(28)15-8-2-1-3-9-15/h1-13H,14H2,(H,26,27). The lowest BCUT2D eigenvalue weighted by Gasteiger charge is -2.10. The van der Waals surface area contributed by atoms with E-state index in [1.54, 1.807) is 48.5 Å². The predicted octanol–water partition coefficient (Wildman–Crippen LogP) is 5.58. The average molecular weight is 450 g/mol. The van der Waals surface area contributed by atoms with Gasteiger partial charge in [-0.25, -0.2) is 4.79 Å². The van der Waals surface area contributed by atoms with Crippen LogP contribution in [0.5, 0.6) is 0 Å². The van der Waals surface area contributed by atoms with Crippen molar-refractivity contribution in [3.8, 4) is 0 Å². The number of ketones is 1. The van der Waals surface area contributed by atoms with E-state index in [1.165, 1.54) is 11.3 Å². The van der Waals surface area contributed by atoms with E-state index in [9.17, 15) is 14.4 Å². The summed E-state index contributed by atoms with van der Waals surface area (Å²) >= 11 is 7.49. The SMILES string of the molecule is O=C(COC(=O)c1sc2ccccc2c1Cl)Nc1ccccc1C(=O)c1ccccc1. The molecule has 1 aromatic heterocycles. The van der Waals surface area contributed by atoms with E-state index in [2.05, 4.69) is 5.32 Å². The quantitative estimate of drug-likeness (QED) is 0.308. The molecule has 1 amide bonds. The van der Waals surface area contributed by atoms with Gasteiger partial charge in [0.15, 0.2) is 12.4 Å². The summed E-state index contributed by atoms with van der Waals surface area (Å²) in [6, 6.07) is 22.8. The van der Waals surface area contributed by atoms with Crippen LogP contribution in [0.3, 0.4) is 0 Å². The van der Waals surface area contributed by atoms with Crippen LogP contribution in [0.2, 0.25) is 5.02 Å².